The summed E-state index contributed by atoms with van der Waals surface area (Å²) in [6.45, 7) is 0.664. The van der Waals surface area contributed by atoms with Gasteiger partial charge in [0, 0.05) is 17.0 Å². The summed E-state index contributed by atoms with van der Waals surface area (Å²) in [4.78, 5) is 24.2. The van der Waals surface area contributed by atoms with Crippen LogP contribution < -0.4 is 16.1 Å². The van der Waals surface area contributed by atoms with Gasteiger partial charge in [-0.2, -0.15) is 0 Å². The number of nitrogens with zero attached hydrogens (tertiary/aromatic N) is 1. The maximum Gasteiger partial charge on any atom is 0.422 e. The molecule has 0 amide bonds. The highest BCUT2D eigenvalue weighted by Gasteiger charge is 2.14. The summed E-state index contributed by atoms with van der Waals surface area (Å²) in [6, 6.07) is 16.8. The Kier molecular flexibility index (Phi) is 5.11. The van der Waals surface area contributed by atoms with E-state index in [1.54, 1.807) is 0 Å². The summed E-state index contributed by atoms with van der Waals surface area (Å²) in [5.41, 5.74) is -0.440. The van der Waals surface area contributed by atoms with Crippen LogP contribution in [0.3, 0.4) is 0 Å². The minimum atomic E-state index is -0.758. The third-order valence-electron chi connectivity index (χ3n) is 4.45. The van der Waals surface area contributed by atoms with Crippen molar-refractivity contribution >= 4 is 44.9 Å². The van der Waals surface area contributed by atoms with E-state index in [0.29, 0.717) is 23.6 Å². The SMILES string of the molecule is O=c1oc(=O)n(CCCOc2cccc3ccccc23)c2c(Cl)cc(Cl)cc12. The number of benzene rings is 3. The second-order valence-electron chi connectivity index (χ2n) is 6.27. The minimum Gasteiger partial charge on any atom is -0.493 e. The van der Waals surface area contributed by atoms with Crippen LogP contribution in [0, 0.1) is 0 Å². The molecule has 0 saturated carbocycles. The van der Waals surface area contributed by atoms with E-state index in [2.05, 4.69) is 0 Å². The molecule has 142 valence electrons. The molecule has 0 aliphatic rings. The van der Waals surface area contributed by atoms with Crippen LogP contribution in [0.2, 0.25) is 10.0 Å². The predicted molar refractivity (Wildman–Crippen MR) is 111 cm³/mol. The maximum atomic E-state index is 12.2. The molecule has 0 unspecified atom stereocenters. The van der Waals surface area contributed by atoms with Gasteiger partial charge in [-0.25, -0.2) is 9.59 Å². The second kappa shape index (κ2) is 7.70. The lowest BCUT2D eigenvalue weighted by Gasteiger charge is -2.12. The molecule has 0 aliphatic carbocycles. The summed E-state index contributed by atoms with van der Waals surface area (Å²) < 4.78 is 12.0. The number of aromatic nitrogens is 1. The molecule has 0 atom stereocenters. The Morgan fingerprint density at radius 3 is 2.61 bits per heavy atom. The Bertz CT molecular complexity index is 1290. The zero-order valence-electron chi connectivity index (χ0n) is 14.7. The number of halogens is 2. The van der Waals surface area contributed by atoms with E-state index in [9.17, 15) is 9.59 Å². The van der Waals surface area contributed by atoms with Crippen LogP contribution >= 0.6 is 23.2 Å². The number of hydrogen-bond acceptors (Lipinski definition) is 4. The molecule has 5 nitrogen and oxygen atoms in total. The third-order valence-corrected chi connectivity index (χ3v) is 4.96. The highest BCUT2D eigenvalue weighted by molar-refractivity contribution is 6.38. The largest absolute Gasteiger partial charge is 0.493 e. The molecular formula is C21H15Cl2NO4. The number of fused-ring (bicyclic) bond motifs is 2. The van der Waals surface area contributed by atoms with E-state index in [0.717, 1.165) is 16.5 Å². The lowest BCUT2D eigenvalue weighted by molar-refractivity contribution is 0.299. The first-order chi connectivity index (χ1) is 13.5. The molecule has 0 saturated heterocycles. The van der Waals surface area contributed by atoms with Crippen molar-refractivity contribution in [2.75, 3.05) is 6.61 Å². The Balaban J connectivity index is 1.57. The molecule has 4 aromatic rings. The fraction of sp³-hybridized carbons (Fsp3) is 0.143. The van der Waals surface area contributed by atoms with Gasteiger partial charge in [-0.1, -0.05) is 59.6 Å². The van der Waals surface area contributed by atoms with Crippen molar-refractivity contribution < 1.29 is 9.15 Å². The number of ether oxygens (including phenoxy) is 1. The lowest BCUT2D eigenvalue weighted by atomic mass is 10.1. The van der Waals surface area contributed by atoms with Crippen LogP contribution in [0.1, 0.15) is 6.42 Å². The van der Waals surface area contributed by atoms with Gasteiger partial charge in [0.15, 0.2) is 0 Å². The summed E-state index contributed by atoms with van der Waals surface area (Å²) in [5.74, 6) is 0.0200. The molecular weight excluding hydrogens is 401 g/mol. The second-order valence-corrected chi connectivity index (χ2v) is 7.11. The molecule has 0 aliphatic heterocycles. The number of hydrogen-bond donors (Lipinski definition) is 0. The smallest absolute Gasteiger partial charge is 0.422 e. The van der Waals surface area contributed by atoms with Gasteiger partial charge in [0.05, 0.1) is 22.5 Å². The summed E-state index contributed by atoms with van der Waals surface area (Å²) >= 11 is 12.2. The molecule has 0 bridgehead atoms. The molecule has 4 rings (SSSR count). The van der Waals surface area contributed by atoms with Crippen molar-refractivity contribution in [2.45, 2.75) is 13.0 Å². The average Bonchev–Trinajstić information content (AvgIpc) is 2.67. The van der Waals surface area contributed by atoms with Crippen molar-refractivity contribution in [1.82, 2.24) is 4.57 Å². The molecule has 0 spiro atoms. The van der Waals surface area contributed by atoms with E-state index in [1.165, 1.54) is 16.7 Å². The van der Waals surface area contributed by atoms with E-state index < -0.39 is 11.4 Å². The van der Waals surface area contributed by atoms with Gasteiger partial charge in [-0.15, -0.1) is 0 Å². The van der Waals surface area contributed by atoms with Gasteiger partial charge in [-0.3, -0.25) is 4.57 Å². The predicted octanol–water partition coefficient (Wildman–Crippen LogP) is 4.88. The quantitative estimate of drug-likeness (QED) is 0.435. The first-order valence-electron chi connectivity index (χ1n) is 8.68. The van der Waals surface area contributed by atoms with Gasteiger partial charge in [0.2, 0.25) is 0 Å². The first kappa shape index (κ1) is 18.6. The standard InChI is InChI=1S/C21H15Cl2NO4/c22-14-11-16-19(17(23)12-14)24(21(26)28-20(16)25)9-4-10-27-18-8-3-6-13-5-1-2-7-15(13)18/h1-3,5-8,11-12H,4,9-10H2. The van der Waals surface area contributed by atoms with Gasteiger partial charge < -0.3 is 9.15 Å². The van der Waals surface area contributed by atoms with Gasteiger partial charge >= 0.3 is 11.4 Å². The topological polar surface area (TPSA) is 61.4 Å². The summed E-state index contributed by atoms with van der Waals surface area (Å²) in [6.07, 6.45) is 0.519. The van der Waals surface area contributed by atoms with Gasteiger partial charge in [0.1, 0.15) is 5.75 Å². The Morgan fingerprint density at radius 2 is 1.75 bits per heavy atom. The van der Waals surface area contributed by atoms with Crippen molar-refractivity contribution in [3.05, 3.63) is 85.6 Å². The van der Waals surface area contributed by atoms with Crippen LogP contribution in [0.4, 0.5) is 0 Å². The van der Waals surface area contributed by atoms with Crippen molar-refractivity contribution in [3.8, 4) is 5.75 Å². The van der Waals surface area contributed by atoms with E-state index in [4.69, 9.17) is 32.4 Å². The average molecular weight is 416 g/mol. The summed E-state index contributed by atoms with van der Waals surface area (Å²) in [5, 5.41) is 2.82. The highest BCUT2D eigenvalue weighted by Crippen LogP contribution is 2.26. The molecule has 0 N–H and O–H groups in total. The van der Waals surface area contributed by atoms with Crippen molar-refractivity contribution in [2.24, 2.45) is 0 Å². The Hall–Kier alpha value is -2.76. The Morgan fingerprint density at radius 1 is 0.964 bits per heavy atom. The van der Waals surface area contributed by atoms with Crippen LogP contribution in [0.15, 0.2) is 68.6 Å². The van der Waals surface area contributed by atoms with E-state index in [1.807, 2.05) is 42.5 Å². The van der Waals surface area contributed by atoms with Crippen molar-refractivity contribution in [3.63, 3.8) is 0 Å². The number of rotatable bonds is 5. The molecule has 28 heavy (non-hydrogen) atoms. The molecule has 0 fully saturated rings. The van der Waals surface area contributed by atoms with Crippen LogP contribution in [0.5, 0.6) is 5.75 Å². The molecule has 7 heteroatoms. The van der Waals surface area contributed by atoms with E-state index >= 15 is 0 Å². The van der Waals surface area contributed by atoms with Crippen LogP contribution in [0.25, 0.3) is 21.7 Å². The zero-order chi connectivity index (χ0) is 19.7. The first-order valence-corrected chi connectivity index (χ1v) is 9.43. The maximum absolute atomic E-state index is 12.2. The lowest BCUT2D eigenvalue weighted by Crippen LogP contribution is -2.26. The van der Waals surface area contributed by atoms with Crippen LogP contribution in [-0.2, 0) is 6.54 Å². The van der Waals surface area contributed by atoms with Gasteiger partial charge in [0.25, 0.3) is 0 Å². The van der Waals surface area contributed by atoms with Crippen molar-refractivity contribution in [1.29, 1.82) is 0 Å². The zero-order valence-corrected chi connectivity index (χ0v) is 16.2. The Labute approximate surface area is 169 Å². The molecule has 3 aromatic carbocycles. The number of aryl methyl sites for hydroxylation is 1. The third kappa shape index (κ3) is 3.51. The minimum absolute atomic E-state index is 0.173. The molecule has 1 heterocycles. The van der Waals surface area contributed by atoms with Crippen LogP contribution in [-0.4, -0.2) is 11.2 Å². The van der Waals surface area contributed by atoms with E-state index in [-0.39, 0.29) is 17.0 Å². The normalized spacial score (nSPS) is 11.2. The fourth-order valence-corrected chi connectivity index (χ4v) is 3.80. The fourth-order valence-electron chi connectivity index (χ4n) is 3.21. The molecule has 1 aromatic heterocycles. The monoisotopic (exact) mass is 415 g/mol. The van der Waals surface area contributed by atoms with Gasteiger partial charge in [-0.05, 0) is 30.0 Å². The highest BCUT2D eigenvalue weighted by atomic mass is 35.5. The summed E-state index contributed by atoms with van der Waals surface area (Å²) in [7, 11) is 0. The molecule has 0 radical (unpaired) electrons.